The lowest BCUT2D eigenvalue weighted by atomic mass is 9.55. The molecule has 0 aromatic heterocycles. The van der Waals surface area contributed by atoms with E-state index in [2.05, 4.69) is 24.3 Å². The molecule has 8 nitrogen and oxygen atoms in total. The molecule has 8 heteroatoms. The highest BCUT2D eigenvalue weighted by atomic mass is 16.5. The first-order valence-corrected chi connectivity index (χ1v) is 15.2. The molecule has 3 aliphatic carbocycles. The number of carbonyl (C=O) groups is 4. The van der Waals surface area contributed by atoms with Crippen molar-refractivity contribution in [1.29, 1.82) is 0 Å². The number of amides is 3. The molecule has 45 heavy (non-hydrogen) atoms. The molecule has 3 atom stereocenters. The molecule has 0 N–H and O–H groups in total. The van der Waals surface area contributed by atoms with Gasteiger partial charge >= 0.3 is 5.97 Å². The molecular formula is C37H30N2O6. The van der Waals surface area contributed by atoms with E-state index in [4.69, 9.17) is 9.47 Å². The second kappa shape index (κ2) is 10.2. The molecule has 5 aliphatic rings. The van der Waals surface area contributed by atoms with Crippen LogP contribution in [0.15, 0.2) is 91.0 Å². The fourth-order valence-corrected chi connectivity index (χ4v) is 8.01. The molecule has 0 saturated carbocycles. The minimum absolute atomic E-state index is 0.0284. The largest absolute Gasteiger partial charge is 0.495 e. The molecule has 2 bridgehead atoms. The van der Waals surface area contributed by atoms with Crippen molar-refractivity contribution in [2.75, 3.05) is 23.5 Å². The Labute approximate surface area is 260 Å². The number of hydrogen-bond acceptors (Lipinski definition) is 6. The van der Waals surface area contributed by atoms with Crippen molar-refractivity contribution in [2.24, 2.45) is 17.8 Å². The summed E-state index contributed by atoms with van der Waals surface area (Å²) in [5.41, 5.74) is 6.24. The number of carbonyl (C=O) groups excluding carboxylic acids is 4. The van der Waals surface area contributed by atoms with Crippen LogP contribution in [0, 0.1) is 24.7 Å². The third-order valence-corrected chi connectivity index (χ3v) is 9.91. The highest BCUT2D eigenvalue weighted by molar-refractivity contribution is 6.23. The number of rotatable bonds is 5. The zero-order valence-electron chi connectivity index (χ0n) is 24.8. The SMILES string of the molecule is COc1ccccc1N1C[C@@H](C(=O)Oc2ccc(N3C(=O)[C@@H]4C5c6ccccc6C(c6ccccc65)[C@@H]4C3=O)c(C)c2)CC1=O. The third kappa shape index (κ3) is 3.98. The summed E-state index contributed by atoms with van der Waals surface area (Å²) in [5, 5.41) is 0. The Morgan fingerprint density at radius 2 is 1.29 bits per heavy atom. The number of aryl methyl sites for hydroxylation is 1. The van der Waals surface area contributed by atoms with Gasteiger partial charge in [-0.05, 0) is 65.1 Å². The number of esters is 1. The smallest absolute Gasteiger partial charge is 0.316 e. The van der Waals surface area contributed by atoms with Crippen LogP contribution in [-0.4, -0.2) is 37.3 Å². The van der Waals surface area contributed by atoms with Gasteiger partial charge in [-0.25, -0.2) is 4.90 Å². The highest BCUT2D eigenvalue weighted by Crippen LogP contribution is 2.61. The van der Waals surface area contributed by atoms with E-state index in [1.54, 1.807) is 42.2 Å². The van der Waals surface area contributed by atoms with Crippen LogP contribution in [0.4, 0.5) is 11.4 Å². The lowest BCUT2D eigenvalue weighted by Gasteiger charge is -2.45. The number of anilines is 2. The molecule has 2 heterocycles. The van der Waals surface area contributed by atoms with Gasteiger partial charge in [0, 0.05) is 24.8 Å². The minimum Gasteiger partial charge on any atom is -0.495 e. The Morgan fingerprint density at radius 1 is 0.733 bits per heavy atom. The maximum Gasteiger partial charge on any atom is 0.316 e. The summed E-state index contributed by atoms with van der Waals surface area (Å²) in [7, 11) is 1.54. The van der Waals surface area contributed by atoms with Gasteiger partial charge in [0.2, 0.25) is 17.7 Å². The van der Waals surface area contributed by atoms with E-state index in [-0.39, 0.29) is 42.5 Å². The Hall–Kier alpha value is -5.24. The topological polar surface area (TPSA) is 93.2 Å². The van der Waals surface area contributed by atoms with Gasteiger partial charge in [0.05, 0.1) is 36.2 Å². The quantitative estimate of drug-likeness (QED) is 0.175. The van der Waals surface area contributed by atoms with Crippen LogP contribution in [0.1, 0.15) is 46.1 Å². The second-order valence-corrected chi connectivity index (χ2v) is 12.2. The van der Waals surface area contributed by atoms with Crippen molar-refractivity contribution >= 4 is 35.1 Å². The monoisotopic (exact) mass is 598 g/mol. The zero-order valence-corrected chi connectivity index (χ0v) is 24.8. The van der Waals surface area contributed by atoms with Crippen molar-refractivity contribution in [3.05, 3.63) is 119 Å². The number of nitrogens with zero attached hydrogens (tertiary/aromatic N) is 2. The maximum atomic E-state index is 14.1. The number of imide groups is 1. The summed E-state index contributed by atoms with van der Waals surface area (Å²) in [4.78, 5) is 57.2. The van der Waals surface area contributed by atoms with Crippen LogP contribution in [0.25, 0.3) is 0 Å². The highest BCUT2D eigenvalue weighted by Gasteiger charge is 2.61. The van der Waals surface area contributed by atoms with Crippen LogP contribution in [-0.2, 0) is 19.2 Å². The van der Waals surface area contributed by atoms with E-state index < -0.39 is 23.7 Å². The van der Waals surface area contributed by atoms with Crippen molar-refractivity contribution in [3.8, 4) is 11.5 Å². The van der Waals surface area contributed by atoms with Gasteiger partial charge in [-0.3, -0.25) is 19.2 Å². The van der Waals surface area contributed by atoms with Gasteiger partial charge in [-0.2, -0.15) is 0 Å². The van der Waals surface area contributed by atoms with Crippen LogP contribution >= 0.6 is 0 Å². The average molecular weight is 599 g/mol. The summed E-state index contributed by atoms with van der Waals surface area (Å²) < 4.78 is 11.1. The van der Waals surface area contributed by atoms with Crippen LogP contribution < -0.4 is 19.3 Å². The Bertz CT molecular complexity index is 1820. The number of hydrogen-bond donors (Lipinski definition) is 0. The summed E-state index contributed by atoms with van der Waals surface area (Å²) in [6.07, 6.45) is 0.0284. The predicted molar refractivity (Wildman–Crippen MR) is 166 cm³/mol. The van der Waals surface area contributed by atoms with E-state index >= 15 is 0 Å². The Balaban J connectivity index is 1.04. The molecule has 2 saturated heterocycles. The van der Waals surface area contributed by atoms with Crippen LogP contribution in [0.5, 0.6) is 11.5 Å². The number of benzene rings is 4. The van der Waals surface area contributed by atoms with Gasteiger partial charge in [-0.15, -0.1) is 0 Å². The standard InChI is InChI=1S/C37H30N2O6/c1-20-17-22(45-37(43)21-18-30(40)38(19-21)28-13-7-8-14-29(28)44-2)15-16-27(20)39-35(41)33-31-23-9-3-4-10-24(23)32(34(33)36(39)42)26-12-6-5-11-25(26)31/h3-17,21,31-34H,18-19H2,1-2H3/t21-,31?,32?,33-,34+/m0/s1. The Kier molecular flexibility index (Phi) is 6.17. The summed E-state index contributed by atoms with van der Waals surface area (Å²) >= 11 is 0. The van der Waals surface area contributed by atoms with Crippen molar-refractivity contribution < 1.29 is 28.7 Å². The fraction of sp³-hybridized carbons (Fsp3) is 0.243. The molecule has 9 rings (SSSR count). The first kappa shape index (κ1) is 27.3. The van der Waals surface area contributed by atoms with Crippen molar-refractivity contribution in [2.45, 2.75) is 25.2 Å². The first-order valence-electron chi connectivity index (χ1n) is 15.2. The first-order chi connectivity index (χ1) is 21.9. The molecule has 4 aromatic rings. The maximum absolute atomic E-state index is 14.1. The molecular weight excluding hydrogens is 568 g/mol. The number of ether oxygens (including phenoxy) is 2. The van der Waals surface area contributed by atoms with E-state index in [1.165, 1.54) is 12.0 Å². The van der Waals surface area contributed by atoms with Crippen LogP contribution in [0.3, 0.4) is 0 Å². The molecule has 224 valence electrons. The van der Waals surface area contributed by atoms with Gasteiger partial charge in [-0.1, -0.05) is 60.7 Å². The molecule has 0 unspecified atom stereocenters. The number of para-hydroxylation sites is 2. The lowest BCUT2D eigenvalue weighted by Crippen LogP contribution is -2.41. The van der Waals surface area contributed by atoms with Crippen LogP contribution in [0.2, 0.25) is 0 Å². The number of methoxy groups -OCH3 is 1. The average Bonchev–Trinajstić information content (AvgIpc) is 3.58. The summed E-state index contributed by atoms with van der Waals surface area (Å²) in [6.45, 7) is 1.98. The molecule has 2 aliphatic heterocycles. The van der Waals surface area contributed by atoms with Crippen molar-refractivity contribution in [3.63, 3.8) is 0 Å². The normalized spacial score (nSPS) is 24.4. The molecule has 0 radical (unpaired) electrons. The van der Waals surface area contributed by atoms with Gasteiger partial charge in [0.15, 0.2) is 0 Å². The molecule has 2 fully saturated rings. The third-order valence-electron chi connectivity index (χ3n) is 9.91. The van der Waals surface area contributed by atoms with E-state index in [1.807, 2.05) is 36.4 Å². The van der Waals surface area contributed by atoms with Crippen molar-refractivity contribution in [1.82, 2.24) is 0 Å². The Morgan fingerprint density at radius 3 is 1.84 bits per heavy atom. The van der Waals surface area contributed by atoms with Gasteiger partial charge in [0.1, 0.15) is 11.5 Å². The molecule has 3 amide bonds. The summed E-state index contributed by atoms with van der Waals surface area (Å²) in [5.74, 6) is -2.21. The molecule has 4 aromatic carbocycles. The molecule has 0 spiro atoms. The second-order valence-electron chi connectivity index (χ2n) is 12.2. The van der Waals surface area contributed by atoms with E-state index in [9.17, 15) is 19.2 Å². The zero-order chi connectivity index (χ0) is 31.0. The van der Waals surface area contributed by atoms with Gasteiger partial charge in [0.25, 0.3) is 0 Å². The summed E-state index contributed by atoms with van der Waals surface area (Å²) in [6, 6.07) is 28.5. The predicted octanol–water partition coefficient (Wildman–Crippen LogP) is 5.36. The van der Waals surface area contributed by atoms with E-state index in [0.717, 1.165) is 22.3 Å². The fourth-order valence-electron chi connectivity index (χ4n) is 8.01. The van der Waals surface area contributed by atoms with Gasteiger partial charge < -0.3 is 14.4 Å². The lowest BCUT2D eigenvalue weighted by molar-refractivity contribution is -0.139. The minimum atomic E-state index is -0.647. The van der Waals surface area contributed by atoms with E-state index in [0.29, 0.717) is 28.4 Å².